The Hall–Kier alpha value is -0.770. The van der Waals surface area contributed by atoms with Crippen molar-refractivity contribution in [3.63, 3.8) is 0 Å². The maximum atomic E-state index is 6.51. The van der Waals surface area contributed by atoms with Gasteiger partial charge in [-0.2, -0.15) is 0 Å². The van der Waals surface area contributed by atoms with Gasteiger partial charge in [-0.1, -0.05) is 31.5 Å². The molecule has 1 fully saturated rings. The Balaban J connectivity index is 1.99. The van der Waals surface area contributed by atoms with E-state index in [2.05, 4.69) is 42.3 Å². The van der Waals surface area contributed by atoms with Gasteiger partial charge < -0.3 is 15.0 Å². The van der Waals surface area contributed by atoms with Crippen molar-refractivity contribution in [3.8, 4) is 0 Å². The molecular formula is C17H27ClN2O. The number of hydrogen-bond donors (Lipinski definition) is 1. The fourth-order valence-electron chi connectivity index (χ4n) is 2.47. The van der Waals surface area contributed by atoms with Gasteiger partial charge in [0.2, 0.25) is 0 Å². The molecular weight excluding hydrogens is 284 g/mol. The van der Waals surface area contributed by atoms with Crippen LogP contribution in [0.25, 0.3) is 0 Å². The largest absolute Gasteiger partial charge is 0.383 e. The SMILES string of the molecule is COCCN(c1ccc(CNCC(C)C)cc1Cl)C1CC1. The number of anilines is 1. The Morgan fingerprint density at radius 1 is 1.38 bits per heavy atom. The third kappa shape index (κ3) is 5.17. The molecule has 1 aliphatic carbocycles. The van der Waals surface area contributed by atoms with E-state index < -0.39 is 0 Å². The standard InChI is InChI=1S/C17H27ClN2O/c1-13(2)11-19-12-14-4-7-17(16(18)10-14)20(8-9-21-3)15-5-6-15/h4,7,10,13,15,19H,5-6,8-9,11-12H2,1-3H3. The number of benzene rings is 1. The van der Waals surface area contributed by atoms with E-state index in [-0.39, 0.29) is 0 Å². The molecule has 0 radical (unpaired) electrons. The zero-order valence-electron chi connectivity index (χ0n) is 13.4. The van der Waals surface area contributed by atoms with Gasteiger partial charge in [0.1, 0.15) is 0 Å². The molecule has 1 aromatic carbocycles. The van der Waals surface area contributed by atoms with E-state index in [9.17, 15) is 0 Å². The van der Waals surface area contributed by atoms with Crippen molar-refractivity contribution in [2.75, 3.05) is 31.7 Å². The van der Waals surface area contributed by atoms with E-state index in [1.807, 2.05) is 0 Å². The zero-order chi connectivity index (χ0) is 15.2. The Morgan fingerprint density at radius 2 is 2.14 bits per heavy atom. The first-order valence-electron chi connectivity index (χ1n) is 7.86. The van der Waals surface area contributed by atoms with Crippen LogP contribution in [0.4, 0.5) is 5.69 Å². The summed E-state index contributed by atoms with van der Waals surface area (Å²) in [6.45, 7) is 7.98. The van der Waals surface area contributed by atoms with Gasteiger partial charge in [-0.05, 0) is 43.0 Å². The van der Waals surface area contributed by atoms with Crippen LogP contribution in [0.3, 0.4) is 0 Å². The van der Waals surface area contributed by atoms with E-state index in [0.717, 1.165) is 37.0 Å². The second-order valence-electron chi connectivity index (χ2n) is 6.23. The molecule has 0 atom stereocenters. The normalized spacial score (nSPS) is 14.7. The predicted octanol–water partition coefficient (Wildman–Crippen LogP) is 3.70. The third-order valence-corrected chi connectivity index (χ3v) is 4.03. The highest BCUT2D eigenvalue weighted by molar-refractivity contribution is 6.33. The van der Waals surface area contributed by atoms with Crippen molar-refractivity contribution in [1.82, 2.24) is 5.32 Å². The topological polar surface area (TPSA) is 24.5 Å². The Bertz CT molecular complexity index is 446. The third-order valence-electron chi connectivity index (χ3n) is 3.73. The molecule has 2 rings (SSSR count). The molecule has 0 unspecified atom stereocenters. The number of nitrogens with zero attached hydrogens (tertiary/aromatic N) is 1. The van der Waals surface area contributed by atoms with E-state index in [0.29, 0.717) is 12.0 Å². The van der Waals surface area contributed by atoms with E-state index in [4.69, 9.17) is 16.3 Å². The number of rotatable bonds is 9. The summed E-state index contributed by atoms with van der Waals surface area (Å²) < 4.78 is 5.22. The molecule has 1 aromatic rings. The second-order valence-corrected chi connectivity index (χ2v) is 6.64. The predicted molar refractivity (Wildman–Crippen MR) is 90.2 cm³/mol. The lowest BCUT2D eigenvalue weighted by Crippen LogP contribution is -2.29. The van der Waals surface area contributed by atoms with Gasteiger partial charge >= 0.3 is 0 Å². The maximum absolute atomic E-state index is 6.51. The molecule has 0 spiro atoms. The number of halogens is 1. The van der Waals surface area contributed by atoms with Crippen LogP contribution in [0.5, 0.6) is 0 Å². The van der Waals surface area contributed by atoms with E-state index >= 15 is 0 Å². The van der Waals surface area contributed by atoms with Crippen LogP contribution in [-0.4, -0.2) is 32.8 Å². The Labute approximate surface area is 133 Å². The molecule has 21 heavy (non-hydrogen) atoms. The second kappa shape index (κ2) is 8.02. The van der Waals surface area contributed by atoms with Gasteiger partial charge in [0.05, 0.1) is 17.3 Å². The summed E-state index contributed by atoms with van der Waals surface area (Å²) in [5.41, 5.74) is 2.38. The van der Waals surface area contributed by atoms with Crippen molar-refractivity contribution in [1.29, 1.82) is 0 Å². The van der Waals surface area contributed by atoms with Gasteiger partial charge in [-0.15, -0.1) is 0 Å². The molecule has 0 bridgehead atoms. The summed E-state index contributed by atoms with van der Waals surface area (Å²) in [5, 5.41) is 4.30. The average Bonchev–Trinajstić information content (AvgIpc) is 3.25. The van der Waals surface area contributed by atoms with Crippen LogP contribution < -0.4 is 10.2 Å². The van der Waals surface area contributed by atoms with Crippen molar-refractivity contribution in [3.05, 3.63) is 28.8 Å². The minimum atomic E-state index is 0.641. The lowest BCUT2D eigenvalue weighted by atomic mass is 10.1. The molecule has 0 aliphatic heterocycles. The number of nitrogens with one attached hydrogen (secondary N) is 1. The summed E-state index contributed by atoms with van der Waals surface area (Å²) in [6, 6.07) is 7.06. The molecule has 0 heterocycles. The fourth-order valence-corrected chi connectivity index (χ4v) is 2.79. The quantitative estimate of drug-likeness (QED) is 0.752. The highest BCUT2D eigenvalue weighted by Crippen LogP contribution is 2.35. The van der Waals surface area contributed by atoms with Gasteiger partial charge in [-0.25, -0.2) is 0 Å². The van der Waals surface area contributed by atoms with Crippen molar-refractivity contribution in [2.45, 2.75) is 39.3 Å². The first kappa shape index (κ1) is 16.6. The summed E-state index contributed by atoms with van der Waals surface area (Å²) >= 11 is 6.51. The first-order chi connectivity index (χ1) is 10.1. The van der Waals surface area contributed by atoms with Gasteiger partial charge in [-0.3, -0.25) is 0 Å². The van der Waals surface area contributed by atoms with Gasteiger partial charge in [0.15, 0.2) is 0 Å². The summed E-state index contributed by atoms with van der Waals surface area (Å²) in [4.78, 5) is 2.39. The first-order valence-corrected chi connectivity index (χ1v) is 8.24. The van der Waals surface area contributed by atoms with E-state index in [1.165, 1.54) is 18.4 Å². The summed E-state index contributed by atoms with van der Waals surface area (Å²) in [7, 11) is 1.75. The fraction of sp³-hybridized carbons (Fsp3) is 0.647. The van der Waals surface area contributed by atoms with Crippen LogP contribution in [0.15, 0.2) is 18.2 Å². The summed E-state index contributed by atoms with van der Waals surface area (Å²) in [6.07, 6.45) is 2.52. The van der Waals surface area contributed by atoms with Crippen molar-refractivity contribution >= 4 is 17.3 Å². The van der Waals surface area contributed by atoms with E-state index in [1.54, 1.807) is 7.11 Å². The minimum absolute atomic E-state index is 0.641. The molecule has 3 nitrogen and oxygen atoms in total. The van der Waals surface area contributed by atoms with Crippen LogP contribution in [-0.2, 0) is 11.3 Å². The lowest BCUT2D eigenvalue weighted by molar-refractivity contribution is 0.205. The smallest absolute Gasteiger partial charge is 0.0642 e. The Morgan fingerprint density at radius 3 is 2.71 bits per heavy atom. The zero-order valence-corrected chi connectivity index (χ0v) is 14.1. The van der Waals surface area contributed by atoms with Crippen LogP contribution in [0, 0.1) is 5.92 Å². The van der Waals surface area contributed by atoms with Crippen LogP contribution in [0.2, 0.25) is 5.02 Å². The van der Waals surface area contributed by atoms with Gasteiger partial charge in [0.25, 0.3) is 0 Å². The lowest BCUT2D eigenvalue weighted by Gasteiger charge is -2.25. The molecule has 1 aliphatic rings. The van der Waals surface area contributed by atoms with Crippen LogP contribution in [0.1, 0.15) is 32.3 Å². The Kier molecular flexibility index (Phi) is 6.34. The van der Waals surface area contributed by atoms with Crippen LogP contribution >= 0.6 is 11.6 Å². The molecule has 118 valence electrons. The molecule has 1 saturated carbocycles. The minimum Gasteiger partial charge on any atom is -0.383 e. The van der Waals surface area contributed by atoms with Crippen molar-refractivity contribution in [2.24, 2.45) is 5.92 Å². The molecule has 4 heteroatoms. The molecule has 1 N–H and O–H groups in total. The average molecular weight is 311 g/mol. The maximum Gasteiger partial charge on any atom is 0.0642 e. The van der Waals surface area contributed by atoms with Gasteiger partial charge in [0, 0.05) is 26.2 Å². The molecule has 0 saturated heterocycles. The number of hydrogen-bond acceptors (Lipinski definition) is 3. The molecule has 0 amide bonds. The monoisotopic (exact) mass is 310 g/mol. The highest BCUT2D eigenvalue weighted by atomic mass is 35.5. The van der Waals surface area contributed by atoms with Crippen molar-refractivity contribution < 1.29 is 4.74 Å². The summed E-state index contributed by atoms with van der Waals surface area (Å²) in [5.74, 6) is 0.666. The highest BCUT2D eigenvalue weighted by Gasteiger charge is 2.30. The molecule has 0 aromatic heterocycles. The number of ether oxygens (including phenoxy) is 1. The number of methoxy groups -OCH3 is 1.